The first-order chi connectivity index (χ1) is 9.20. The quantitative estimate of drug-likeness (QED) is 0.781. The lowest BCUT2D eigenvalue weighted by molar-refractivity contribution is -0.117. The Labute approximate surface area is 110 Å². The molecule has 0 aliphatic carbocycles. The third-order valence-electron chi connectivity index (χ3n) is 2.51. The average Bonchev–Trinajstić information content (AvgIpc) is 2.93. The molecule has 1 amide bonds. The highest BCUT2D eigenvalue weighted by molar-refractivity contribution is 5.95. The van der Waals surface area contributed by atoms with Crippen molar-refractivity contribution in [3.8, 4) is 18.0 Å². The summed E-state index contributed by atoms with van der Waals surface area (Å²) >= 11 is 0. The van der Waals surface area contributed by atoms with Gasteiger partial charge in [0.2, 0.25) is 5.91 Å². The highest BCUT2D eigenvalue weighted by Gasteiger charge is 2.12. The van der Waals surface area contributed by atoms with Crippen molar-refractivity contribution in [1.82, 2.24) is 14.8 Å². The second-order valence-corrected chi connectivity index (χ2v) is 3.92. The summed E-state index contributed by atoms with van der Waals surface area (Å²) in [4.78, 5) is 11.7. The molecule has 6 heteroatoms. The van der Waals surface area contributed by atoms with Crippen LogP contribution in [0.25, 0.3) is 5.69 Å². The van der Waals surface area contributed by atoms with E-state index in [1.807, 2.05) is 12.1 Å². The smallest absolute Gasteiger partial charge is 0.242 e. The molecule has 2 rings (SSSR count). The Bertz CT molecular complexity index is 600. The first-order valence-corrected chi connectivity index (χ1v) is 5.65. The molecule has 2 aromatic rings. The van der Waals surface area contributed by atoms with Gasteiger partial charge in [0.1, 0.15) is 12.7 Å². The molecule has 1 unspecified atom stereocenters. The van der Waals surface area contributed by atoms with Crippen LogP contribution < -0.4 is 11.1 Å². The van der Waals surface area contributed by atoms with Gasteiger partial charge in [0.25, 0.3) is 0 Å². The Kier molecular flexibility index (Phi) is 3.90. The molecule has 0 saturated carbocycles. The molecule has 3 N–H and O–H groups in total. The molecule has 19 heavy (non-hydrogen) atoms. The number of amides is 1. The van der Waals surface area contributed by atoms with Crippen LogP contribution in [0.15, 0.2) is 36.9 Å². The molecule has 1 atom stereocenters. The molecule has 1 heterocycles. The molecule has 0 spiro atoms. The summed E-state index contributed by atoms with van der Waals surface area (Å²) in [6.45, 7) is 0. The lowest BCUT2D eigenvalue weighted by Gasteiger charge is -2.10. The Morgan fingerprint density at radius 2 is 2.21 bits per heavy atom. The molecule has 0 aliphatic heterocycles. The van der Waals surface area contributed by atoms with E-state index in [0.29, 0.717) is 5.69 Å². The Hall–Kier alpha value is -2.65. The van der Waals surface area contributed by atoms with Gasteiger partial charge in [0.05, 0.1) is 11.7 Å². The minimum atomic E-state index is -0.705. The first-order valence-electron chi connectivity index (χ1n) is 5.65. The van der Waals surface area contributed by atoms with Crippen molar-refractivity contribution in [1.29, 1.82) is 0 Å². The van der Waals surface area contributed by atoms with Crippen LogP contribution in [0.5, 0.6) is 0 Å². The molecule has 96 valence electrons. The van der Waals surface area contributed by atoms with Crippen molar-refractivity contribution in [2.75, 3.05) is 5.32 Å². The molecule has 1 aromatic heterocycles. The van der Waals surface area contributed by atoms with Gasteiger partial charge in [-0.25, -0.2) is 0 Å². The second-order valence-electron chi connectivity index (χ2n) is 3.92. The van der Waals surface area contributed by atoms with Gasteiger partial charge >= 0.3 is 0 Å². The Morgan fingerprint density at radius 3 is 2.89 bits per heavy atom. The van der Waals surface area contributed by atoms with Crippen molar-refractivity contribution in [2.45, 2.75) is 12.5 Å². The number of aromatic nitrogens is 3. The zero-order chi connectivity index (χ0) is 13.7. The van der Waals surface area contributed by atoms with E-state index in [-0.39, 0.29) is 12.3 Å². The van der Waals surface area contributed by atoms with E-state index in [0.717, 1.165) is 5.69 Å². The monoisotopic (exact) mass is 255 g/mol. The number of carbonyl (C=O) groups excluding carboxylic acids is 1. The summed E-state index contributed by atoms with van der Waals surface area (Å²) in [7, 11) is 0. The summed E-state index contributed by atoms with van der Waals surface area (Å²) < 4.78 is 1.73. The van der Waals surface area contributed by atoms with Crippen LogP contribution >= 0.6 is 0 Å². The topological polar surface area (TPSA) is 85.8 Å². The Morgan fingerprint density at radius 1 is 1.47 bits per heavy atom. The number of nitrogens with zero attached hydrogens (tertiary/aromatic N) is 3. The lowest BCUT2D eigenvalue weighted by Crippen LogP contribution is -2.35. The fourth-order valence-electron chi connectivity index (χ4n) is 1.53. The molecule has 0 aliphatic rings. The van der Waals surface area contributed by atoms with Crippen LogP contribution in [0.4, 0.5) is 5.69 Å². The van der Waals surface area contributed by atoms with Gasteiger partial charge in [-0.15, -0.1) is 22.5 Å². The predicted molar refractivity (Wildman–Crippen MR) is 71.4 cm³/mol. The second kappa shape index (κ2) is 5.80. The molecule has 0 bridgehead atoms. The van der Waals surface area contributed by atoms with Crippen LogP contribution in [0.2, 0.25) is 0 Å². The normalized spacial score (nSPS) is 11.6. The van der Waals surface area contributed by atoms with E-state index in [1.165, 1.54) is 0 Å². The highest BCUT2D eigenvalue weighted by Crippen LogP contribution is 2.14. The molecule has 0 radical (unpaired) electrons. The zero-order valence-corrected chi connectivity index (χ0v) is 10.2. The fraction of sp³-hybridized carbons (Fsp3) is 0.154. The molecule has 0 saturated heterocycles. The lowest BCUT2D eigenvalue weighted by atomic mass is 10.2. The zero-order valence-electron chi connectivity index (χ0n) is 10.2. The van der Waals surface area contributed by atoms with Gasteiger partial charge in [0, 0.05) is 12.1 Å². The van der Waals surface area contributed by atoms with Crippen molar-refractivity contribution in [3.63, 3.8) is 0 Å². The van der Waals surface area contributed by atoms with Gasteiger partial charge < -0.3 is 11.1 Å². The minimum absolute atomic E-state index is 0.205. The van der Waals surface area contributed by atoms with Gasteiger partial charge in [-0.05, 0) is 18.2 Å². The number of rotatable bonds is 4. The first kappa shape index (κ1) is 12.8. The number of hydrogen-bond donors (Lipinski definition) is 2. The number of anilines is 1. The number of terminal acetylenes is 1. The van der Waals surface area contributed by atoms with Crippen molar-refractivity contribution >= 4 is 11.6 Å². The van der Waals surface area contributed by atoms with E-state index in [2.05, 4.69) is 21.4 Å². The van der Waals surface area contributed by atoms with Gasteiger partial charge in [-0.1, -0.05) is 6.07 Å². The highest BCUT2D eigenvalue weighted by atomic mass is 16.2. The molecule has 6 nitrogen and oxygen atoms in total. The standard InChI is InChI=1S/C13H13N5O/c1-2-4-12(14)13(19)17-10-5-3-6-11(7-10)18-8-15-16-9-18/h1,3,5-9,12H,4,14H2,(H,17,19). The maximum atomic E-state index is 11.7. The van der Waals surface area contributed by atoms with E-state index < -0.39 is 6.04 Å². The third kappa shape index (κ3) is 3.18. The van der Waals surface area contributed by atoms with E-state index in [4.69, 9.17) is 12.2 Å². The van der Waals surface area contributed by atoms with Crippen molar-refractivity contribution in [3.05, 3.63) is 36.9 Å². The SMILES string of the molecule is C#CCC(N)C(=O)Nc1cccc(-n2cnnc2)c1. The van der Waals surface area contributed by atoms with E-state index in [1.54, 1.807) is 29.4 Å². The summed E-state index contributed by atoms with van der Waals surface area (Å²) in [6.07, 6.45) is 8.48. The van der Waals surface area contributed by atoms with Crippen LogP contribution in [0.3, 0.4) is 0 Å². The number of nitrogens with two attached hydrogens (primary N) is 1. The third-order valence-corrected chi connectivity index (χ3v) is 2.51. The average molecular weight is 255 g/mol. The predicted octanol–water partition coefficient (Wildman–Crippen LogP) is 0.556. The number of benzene rings is 1. The molecule has 1 aromatic carbocycles. The van der Waals surface area contributed by atoms with Gasteiger partial charge in [0.15, 0.2) is 0 Å². The number of nitrogens with one attached hydrogen (secondary N) is 1. The van der Waals surface area contributed by atoms with Crippen LogP contribution in [0, 0.1) is 12.3 Å². The van der Waals surface area contributed by atoms with Gasteiger partial charge in [-0.2, -0.15) is 0 Å². The molecule has 0 fully saturated rings. The van der Waals surface area contributed by atoms with Crippen molar-refractivity contribution in [2.24, 2.45) is 5.73 Å². The van der Waals surface area contributed by atoms with Crippen LogP contribution in [-0.2, 0) is 4.79 Å². The van der Waals surface area contributed by atoms with Crippen molar-refractivity contribution < 1.29 is 4.79 Å². The maximum Gasteiger partial charge on any atom is 0.242 e. The fourth-order valence-corrected chi connectivity index (χ4v) is 1.53. The number of carbonyl (C=O) groups is 1. The molecular weight excluding hydrogens is 242 g/mol. The number of hydrogen-bond acceptors (Lipinski definition) is 4. The molecular formula is C13H13N5O. The van der Waals surface area contributed by atoms with Gasteiger partial charge in [-0.3, -0.25) is 9.36 Å². The van der Waals surface area contributed by atoms with Crippen LogP contribution in [-0.4, -0.2) is 26.7 Å². The summed E-state index contributed by atoms with van der Waals surface area (Å²) in [6, 6.07) is 6.56. The minimum Gasteiger partial charge on any atom is -0.325 e. The Balaban J connectivity index is 2.12. The largest absolute Gasteiger partial charge is 0.325 e. The van der Waals surface area contributed by atoms with Crippen LogP contribution in [0.1, 0.15) is 6.42 Å². The summed E-state index contributed by atoms with van der Waals surface area (Å²) in [5.74, 6) is 2.05. The summed E-state index contributed by atoms with van der Waals surface area (Å²) in [5, 5.41) is 10.2. The van der Waals surface area contributed by atoms with E-state index >= 15 is 0 Å². The maximum absolute atomic E-state index is 11.7. The summed E-state index contributed by atoms with van der Waals surface area (Å²) in [5.41, 5.74) is 7.11. The van der Waals surface area contributed by atoms with E-state index in [9.17, 15) is 4.79 Å².